The number of rotatable bonds is 6. The summed E-state index contributed by atoms with van der Waals surface area (Å²) in [5, 5.41) is 1.24. The van der Waals surface area contributed by atoms with Crippen LogP contribution < -0.4 is 4.74 Å². The van der Waals surface area contributed by atoms with Crippen molar-refractivity contribution in [2.45, 2.75) is 13.0 Å². The van der Waals surface area contributed by atoms with Gasteiger partial charge in [-0.3, -0.25) is 0 Å². The summed E-state index contributed by atoms with van der Waals surface area (Å²) in [6.07, 6.45) is 3.25. The average molecular weight is 308 g/mol. The maximum Gasteiger partial charge on any atom is 0.129 e. The van der Waals surface area contributed by atoms with Crippen LogP contribution >= 0.6 is 0 Å². The number of fused-ring (bicyclic) bond motifs is 1. The first-order valence-corrected chi connectivity index (χ1v) is 8.03. The fourth-order valence-electron chi connectivity index (χ4n) is 2.89. The Morgan fingerprint density at radius 3 is 2.52 bits per heavy atom. The Morgan fingerprint density at radius 1 is 1.00 bits per heavy atom. The normalized spacial score (nSPS) is 11.3. The van der Waals surface area contributed by atoms with Crippen LogP contribution in [0.25, 0.3) is 10.9 Å². The number of hydrogen-bond donors (Lipinski definition) is 0. The minimum atomic E-state index is 0.599. The Kier molecular flexibility index (Phi) is 4.68. The third kappa shape index (κ3) is 3.57. The van der Waals surface area contributed by atoms with Crippen LogP contribution in [-0.4, -0.2) is 30.1 Å². The summed E-state index contributed by atoms with van der Waals surface area (Å²) in [7, 11) is 6.32. The molecule has 0 bridgehead atoms. The molecule has 0 atom stereocenters. The number of aryl methyl sites for hydroxylation is 1. The zero-order valence-electron chi connectivity index (χ0n) is 14.1. The van der Waals surface area contributed by atoms with Crippen molar-refractivity contribution in [2.24, 2.45) is 7.05 Å². The molecular formula is C20H24N2O. The topological polar surface area (TPSA) is 17.4 Å². The van der Waals surface area contributed by atoms with E-state index in [0.717, 1.165) is 18.7 Å². The molecule has 0 aliphatic heterocycles. The van der Waals surface area contributed by atoms with Crippen molar-refractivity contribution in [1.29, 1.82) is 0 Å². The van der Waals surface area contributed by atoms with E-state index in [0.29, 0.717) is 6.61 Å². The van der Waals surface area contributed by atoms with Crippen LogP contribution in [0, 0.1) is 0 Å². The van der Waals surface area contributed by atoms with E-state index in [1.165, 1.54) is 22.0 Å². The Balaban J connectivity index is 1.89. The van der Waals surface area contributed by atoms with Crippen LogP contribution in [0.2, 0.25) is 0 Å². The van der Waals surface area contributed by atoms with Gasteiger partial charge in [0, 0.05) is 25.2 Å². The van der Waals surface area contributed by atoms with Crippen LogP contribution in [0.15, 0.2) is 54.7 Å². The number of benzene rings is 2. The first-order chi connectivity index (χ1) is 11.1. The second kappa shape index (κ2) is 6.88. The van der Waals surface area contributed by atoms with Gasteiger partial charge < -0.3 is 14.2 Å². The first kappa shape index (κ1) is 15.6. The SMILES string of the molecule is CN(C)CCc1cn(C)c2cccc(OCc3ccccc3)c12. The smallest absolute Gasteiger partial charge is 0.129 e. The molecular weight excluding hydrogens is 284 g/mol. The van der Waals surface area contributed by atoms with E-state index in [4.69, 9.17) is 4.74 Å². The van der Waals surface area contributed by atoms with Crippen LogP contribution in [0.3, 0.4) is 0 Å². The molecule has 1 heterocycles. The van der Waals surface area contributed by atoms with Crippen molar-refractivity contribution in [2.75, 3.05) is 20.6 Å². The lowest BCUT2D eigenvalue weighted by atomic mass is 10.1. The molecule has 0 radical (unpaired) electrons. The van der Waals surface area contributed by atoms with Crippen LogP contribution in [0.1, 0.15) is 11.1 Å². The van der Waals surface area contributed by atoms with Crippen LogP contribution in [0.5, 0.6) is 5.75 Å². The number of aromatic nitrogens is 1. The fraction of sp³-hybridized carbons (Fsp3) is 0.300. The Bertz CT molecular complexity index is 775. The zero-order chi connectivity index (χ0) is 16.2. The third-order valence-corrected chi connectivity index (χ3v) is 4.12. The molecule has 0 N–H and O–H groups in total. The predicted octanol–water partition coefficient (Wildman–Crippen LogP) is 3.86. The molecule has 3 heteroatoms. The molecule has 0 saturated carbocycles. The fourth-order valence-corrected chi connectivity index (χ4v) is 2.89. The molecule has 0 amide bonds. The summed E-state index contributed by atoms with van der Waals surface area (Å²) < 4.78 is 8.33. The first-order valence-electron chi connectivity index (χ1n) is 8.03. The molecule has 120 valence electrons. The van der Waals surface area contributed by atoms with Gasteiger partial charge in [-0.05, 0) is 43.8 Å². The van der Waals surface area contributed by atoms with Gasteiger partial charge >= 0.3 is 0 Å². The van der Waals surface area contributed by atoms with E-state index in [1.54, 1.807) is 0 Å². The van der Waals surface area contributed by atoms with Gasteiger partial charge in [-0.2, -0.15) is 0 Å². The predicted molar refractivity (Wildman–Crippen MR) is 96.0 cm³/mol. The van der Waals surface area contributed by atoms with E-state index in [9.17, 15) is 0 Å². The van der Waals surface area contributed by atoms with Gasteiger partial charge in [0.05, 0.1) is 5.52 Å². The molecule has 23 heavy (non-hydrogen) atoms. The quantitative estimate of drug-likeness (QED) is 0.688. The second-order valence-electron chi connectivity index (χ2n) is 6.24. The van der Waals surface area contributed by atoms with Crippen molar-refractivity contribution < 1.29 is 4.74 Å². The number of ether oxygens (including phenoxy) is 1. The van der Waals surface area contributed by atoms with E-state index in [1.807, 2.05) is 18.2 Å². The lowest BCUT2D eigenvalue weighted by Gasteiger charge is -2.11. The Labute approximate surface area is 138 Å². The highest BCUT2D eigenvalue weighted by Gasteiger charge is 2.12. The van der Waals surface area contributed by atoms with Gasteiger partial charge in [-0.15, -0.1) is 0 Å². The monoisotopic (exact) mass is 308 g/mol. The molecule has 3 rings (SSSR count). The third-order valence-electron chi connectivity index (χ3n) is 4.12. The van der Waals surface area contributed by atoms with E-state index in [2.05, 4.69) is 67.1 Å². The van der Waals surface area contributed by atoms with Gasteiger partial charge in [0.15, 0.2) is 0 Å². The van der Waals surface area contributed by atoms with E-state index >= 15 is 0 Å². The number of nitrogens with zero attached hydrogens (tertiary/aromatic N) is 2. The maximum atomic E-state index is 6.14. The van der Waals surface area contributed by atoms with Gasteiger partial charge in [-0.1, -0.05) is 36.4 Å². The van der Waals surface area contributed by atoms with Crippen molar-refractivity contribution in [1.82, 2.24) is 9.47 Å². The van der Waals surface area contributed by atoms with Gasteiger partial charge in [0.1, 0.15) is 12.4 Å². The largest absolute Gasteiger partial charge is 0.488 e. The van der Waals surface area contributed by atoms with E-state index < -0.39 is 0 Å². The average Bonchev–Trinajstić information content (AvgIpc) is 2.89. The highest BCUT2D eigenvalue weighted by Crippen LogP contribution is 2.31. The molecule has 0 aliphatic rings. The molecule has 1 aromatic heterocycles. The lowest BCUT2D eigenvalue weighted by Crippen LogP contribution is -2.14. The van der Waals surface area contributed by atoms with Crippen molar-refractivity contribution in [3.63, 3.8) is 0 Å². The summed E-state index contributed by atoms with van der Waals surface area (Å²) >= 11 is 0. The molecule has 3 aromatic rings. The summed E-state index contributed by atoms with van der Waals surface area (Å²) in [5.74, 6) is 0.973. The van der Waals surface area contributed by atoms with Crippen LogP contribution in [0.4, 0.5) is 0 Å². The van der Waals surface area contributed by atoms with Crippen molar-refractivity contribution in [3.8, 4) is 5.75 Å². The van der Waals surface area contributed by atoms with Crippen molar-refractivity contribution in [3.05, 3.63) is 65.9 Å². The second-order valence-corrected chi connectivity index (χ2v) is 6.24. The summed E-state index contributed by atoms with van der Waals surface area (Å²) in [5.41, 5.74) is 3.76. The maximum absolute atomic E-state index is 6.14. The van der Waals surface area contributed by atoms with Crippen LogP contribution in [-0.2, 0) is 20.1 Å². The Hall–Kier alpha value is -2.26. The number of likely N-dealkylation sites (N-methyl/N-ethyl adjacent to an activating group) is 1. The van der Waals surface area contributed by atoms with E-state index in [-0.39, 0.29) is 0 Å². The number of hydrogen-bond acceptors (Lipinski definition) is 2. The molecule has 3 nitrogen and oxygen atoms in total. The molecule has 0 aliphatic carbocycles. The minimum absolute atomic E-state index is 0.599. The summed E-state index contributed by atoms with van der Waals surface area (Å²) in [4.78, 5) is 2.21. The molecule has 0 spiro atoms. The molecule has 0 unspecified atom stereocenters. The molecule has 0 fully saturated rings. The van der Waals surface area contributed by atoms with Crippen molar-refractivity contribution >= 4 is 10.9 Å². The van der Waals surface area contributed by atoms with Gasteiger partial charge in [0.25, 0.3) is 0 Å². The minimum Gasteiger partial charge on any atom is -0.488 e. The molecule has 2 aromatic carbocycles. The summed E-state index contributed by atoms with van der Waals surface area (Å²) in [6, 6.07) is 16.6. The Morgan fingerprint density at radius 2 is 1.78 bits per heavy atom. The summed E-state index contributed by atoms with van der Waals surface area (Å²) in [6.45, 7) is 1.63. The lowest BCUT2D eigenvalue weighted by molar-refractivity contribution is 0.310. The highest BCUT2D eigenvalue weighted by atomic mass is 16.5. The highest BCUT2D eigenvalue weighted by molar-refractivity contribution is 5.90. The standard InChI is InChI=1S/C20H24N2O/c1-21(2)13-12-17-14-22(3)18-10-7-11-19(20(17)18)23-15-16-8-5-4-6-9-16/h4-11,14H,12-13,15H2,1-3H3. The molecule has 0 saturated heterocycles. The zero-order valence-corrected chi connectivity index (χ0v) is 14.1. The van der Waals surface area contributed by atoms with Gasteiger partial charge in [-0.25, -0.2) is 0 Å². The van der Waals surface area contributed by atoms with Gasteiger partial charge in [0.2, 0.25) is 0 Å².